The van der Waals surface area contributed by atoms with E-state index in [4.69, 9.17) is 15.6 Å². The number of allylic oxidation sites excluding steroid dienone is 1. The first-order valence-electron chi connectivity index (χ1n) is 7.42. The first-order chi connectivity index (χ1) is 9.46. The highest BCUT2D eigenvalue weighted by molar-refractivity contribution is 6.74. The van der Waals surface area contributed by atoms with E-state index < -0.39 is 13.7 Å². The van der Waals surface area contributed by atoms with Gasteiger partial charge in [0, 0.05) is 6.42 Å². The second-order valence-corrected chi connectivity index (χ2v) is 11.7. The van der Waals surface area contributed by atoms with Crippen molar-refractivity contribution >= 4 is 14.3 Å². The Balaban J connectivity index is 5.59. The van der Waals surface area contributed by atoms with Crippen molar-refractivity contribution in [2.24, 2.45) is 5.41 Å². The maximum absolute atomic E-state index is 12.4. The predicted octanol–water partition coefficient (Wildman–Crippen LogP) is 4.50. The molecule has 0 aliphatic rings. The zero-order chi connectivity index (χ0) is 16.9. The van der Waals surface area contributed by atoms with Crippen molar-refractivity contribution in [3.05, 3.63) is 11.8 Å². The van der Waals surface area contributed by atoms with Gasteiger partial charge in [-0.3, -0.25) is 4.79 Å². The average Bonchev–Trinajstić information content (AvgIpc) is 2.34. The minimum Gasteiger partial charge on any atom is -0.546 e. The van der Waals surface area contributed by atoms with Gasteiger partial charge in [0.2, 0.25) is 8.32 Å². The molecule has 0 fully saturated rings. The molecule has 0 amide bonds. The molecular formula is C17H30O3Si. The first-order valence-corrected chi connectivity index (χ1v) is 10.3. The highest BCUT2D eigenvalue weighted by Gasteiger charge is 2.45. The molecule has 0 N–H and O–H groups in total. The molecule has 0 radical (unpaired) electrons. The Morgan fingerprint density at radius 1 is 1.29 bits per heavy atom. The number of hydrogen-bond acceptors (Lipinski definition) is 3. The third-order valence-corrected chi connectivity index (χ3v) is 8.50. The van der Waals surface area contributed by atoms with Crippen molar-refractivity contribution in [2.75, 3.05) is 6.61 Å². The lowest BCUT2D eigenvalue weighted by Gasteiger charge is -2.41. The summed E-state index contributed by atoms with van der Waals surface area (Å²) in [6, 6.07) is 0. The van der Waals surface area contributed by atoms with Crippen molar-refractivity contribution in [3.63, 3.8) is 0 Å². The van der Waals surface area contributed by atoms with Crippen LogP contribution in [0.25, 0.3) is 0 Å². The largest absolute Gasteiger partial charge is 0.546 e. The number of carbonyl (C=O) groups is 1. The van der Waals surface area contributed by atoms with Gasteiger partial charge in [-0.25, -0.2) is 0 Å². The van der Waals surface area contributed by atoms with E-state index in [0.29, 0.717) is 12.4 Å². The molecule has 0 aliphatic heterocycles. The average molecular weight is 311 g/mol. The number of terminal acetylenes is 1. The fraction of sp³-hybridized carbons (Fsp3) is 0.706. The molecular weight excluding hydrogens is 280 g/mol. The highest BCUT2D eigenvalue weighted by atomic mass is 28.4. The quantitative estimate of drug-likeness (QED) is 0.313. The Kier molecular flexibility index (Phi) is 6.76. The zero-order valence-electron chi connectivity index (χ0n) is 14.8. The van der Waals surface area contributed by atoms with Gasteiger partial charge < -0.3 is 9.16 Å². The van der Waals surface area contributed by atoms with E-state index >= 15 is 0 Å². The van der Waals surface area contributed by atoms with Crippen LogP contribution in [0.2, 0.25) is 18.1 Å². The van der Waals surface area contributed by atoms with Crippen LogP contribution in [0.5, 0.6) is 0 Å². The molecule has 1 atom stereocenters. The van der Waals surface area contributed by atoms with E-state index in [1.165, 1.54) is 0 Å². The molecule has 0 rings (SSSR count). The molecule has 1 unspecified atom stereocenters. The fourth-order valence-electron chi connectivity index (χ4n) is 1.67. The summed E-state index contributed by atoms with van der Waals surface area (Å²) in [6.45, 7) is 16.6. The van der Waals surface area contributed by atoms with Gasteiger partial charge in [-0.1, -0.05) is 26.8 Å². The molecule has 0 aliphatic carbocycles. The van der Waals surface area contributed by atoms with E-state index in [1.807, 2.05) is 13.0 Å². The van der Waals surface area contributed by atoms with Crippen LogP contribution < -0.4 is 0 Å². The lowest BCUT2D eigenvalue weighted by Crippen LogP contribution is -2.44. The molecule has 0 aromatic rings. The predicted molar refractivity (Wildman–Crippen MR) is 90.2 cm³/mol. The molecule has 21 heavy (non-hydrogen) atoms. The normalized spacial score (nSPS) is 15.9. The van der Waals surface area contributed by atoms with Gasteiger partial charge in [0.15, 0.2) is 0 Å². The Labute approximate surface area is 131 Å². The van der Waals surface area contributed by atoms with Crippen LogP contribution in [0, 0.1) is 17.8 Å². The third-order valence-electron chi connectivity index (χ3n) is 4.16. The van der Waals surface area contributed by atoms with E-state index in [1.54, 1.807) is 13.8 Å². The van der Waals surface area contributed by atoms with Crippen LogP contribution in [0.1, 0.15) is 48.0 Å². The zero-order valence-corrected chi connectivity index (χ0v) is 15.8. The SMILES string of the molecule is C#CCC(C)(C(=O)OCC)/C(=C/C)O[Si](C)(C)C(C)(C)C. The maximum Gasteiger partial charge on any atom is 0.320 e. The lowest BCUT2D eigenvalue weighted by atomic mass is 9.84. The molecule has 0 saturated heterocycles. The summed E-state index contributed by atoms with van der Waals surface area (Å²) in [4.78, 5) is 12.4. The Hall–Kier alpha value is -1.21. The second kappa shape index (κ2) is 7.17. The van der Waals surface area contributed by atoms with Crippen LogP contribution in [0.15, 0.2) is 11.8 Å². The van der Waals surface area contributed by atoms with Crippen LogP contribution in [-0.2, 0) is 14.0 Å². The van der Waals surface area contributed by atoms with E-state index in [0.717, 1.165) is 0 Å². The number of carbonyl (C=O) groups excluding carboxylic acids is 1. The van der Waals surface area contributed by atoms with Crippen LogP contribution >= 0.6 is 0 Å². The standard InChI is InChI=1S/C17H30O3Si/c1-10-13-17(7,15(18)19-12-3)14(11-2)20-21(8,9)16(4,5)6/h1,11H,12-13H2,2-9H3/b14-11-. The minimum atomic E-state index is -2.04. The molecule has 0 spiro atoms. The Morgan fingerprint density at radius 2 is 1.81 bits per heavy atom. The lowest BCUT2D eigenvalue weighted by molar-refractivity contribution is -0.153. The molecule has 0 aromatic carbocycles. The van der Waals surface area contributed by atoms with E-state index in [2.05, 4.69) is 39.8 Å². The number of rotatable bonds is 6. The second-order valence-electron chi connectivity index (χ2n) is 6.95. The van der Waals surface area contributed by atoms with Gasteiger partial charge in [0.25, 0.3) is 0 Å². The van der Waals surface area contributed by atoms with Gasteiger partial charge in [0.05, 0.1) is 12.4 Å². The van der Waals surface area contributed by atoms with Gasteiger partial charge in [-0.15, -0.1) is 12.3 Å². The summed E-state index contributed by atoms with van der Waals surface area (Å²) in [5, 5.41) is 0.0486. The van der Waals surface area contributed by atoms with Gasteiger partial charge in [0.1, 0.15) is 5.41 Å². The van der Waals surface area contributed by atoms with Crippen molar-refractivity contribution in [3.8, 4) is 12.3 Å². The summed E-state index contributed by atoms with van der Waals surface area (Å²) in [6.07, 6.45) is 7.57. The summed E-state index contributed by atoms with van der Waals surface area (Å²) in [5.74, 6) is 2.89. The number of esters is 1. The van der Waals surface area contributed by atoms with Crippen molar-refractivity contribution in [2.45, 2.75) is 66.1 Å². The van der Waals surface area contributed by atoms with E-state index in [-0.39, 0.29) is 17.4 Å². The fourth-order valence-corrected chi connectivity index (χ4v) is 2.87. The van der Waals surface area contributed by atoms with Gasteiger partial charge in [-0.2, -0.15) is 0 Å². The maximum atomic E-state index is 12.4. The number of ether oxygens (including phenoxy) is 1. The topological polar surface area (TPSA) is 35.5 Å². The molecule has 0 heterocycles. The van der Waals surface area contributed by atoms with Crippen LogP contribution in [0.4, 0.5) is 0 Å². The third kappa shape index (κ3) is 4.64. The molecule has 120 valence electrons. The first kappa shape index (κ1) is 19.8. The molecule has 0 bridgehead atoms. The van der Waals surface area contributed by atoms with Gasteiger partial charge >= 0.3 is 5.97 Å². The molecule has 0 saturated carbocycles. The van der Waals surface area contributed by atoms with E-state index in [9.17, 15) is 4.79 Å². The molecule has 4 heteroatoms. The van der Waals surface area contributed by atoms with Crippen LogP contribution in [-0.4, -0.2) is 20.9 Å². The van der Waals surface area contributed by atoms with Crippen molar-refractivity contribution in [1.29, 1.82) is 0 Å². The van der Waals surface area contributed by atoms with Crippen molar-refractivity contribution in [1.82, 2.24) is 0 Å². The monoisotopic (exact) mass is 310 g/mol. The summed E-state index contributed by atoms with van der Waals surface area (Å²) >= 11 is 0. The van der Waals surface area contributed by atoms with Gasteiger partial charge in [-0.05, 0) is 38.9 Å². The summed E-state index contributed by atoms with van der Waals surface area (Å²) in [7, 11) is -2.04. The van der Waals surface area contributed by atoms with Crippen LogP contribution in [0.3, 0.4) is 0 Å². The Morgan fingerprint density at radius 3 is 2.14 bits per heavy atom. The summed E-state index contributed by atoms with van der Waals surface area (Å²) in [5.41, 5.74) is -0.922. The summed E-state index contributed by atoms with van der Waals surface area (Å²) < 4.78 is 11.5. The molecule has 0 aromatic heterocycles. The minimum absolute atomic E-state index is 0.0486. The van der Waals surface area contributed by atoms with Crippen molar-refractivity contribution < 1.29 is 14.0 Å². The highest BCUT2D eigenvalue weighted by Crippen LogP contribution is 2.42. The smallest absolute Gasteiger partial charge is 0.320 e. The Bertz CT molecular complexity index is 438. The molecule has 3 nitrogen and oxygen atoms in total. The number of hydrogen-bond donors (Lipinski definition) is 0.